The number of rotatable bonds is 3. The van der Waals surface area contributed by atoms with E-state index in [1.807, 2.05) is 37.0 Å². The van der Waals surface area contributed by atoms with Gasteiger partial charge in [0.05, 0.1) is 5.69 Å². The standard InChI is InChI=1S/C14H16N2OS2/c1-9(15-2)10-7-19-14(16-10)12-8-18-13-6-4-3-5-11(13)17-12/h3-7,9,12,15H,8H2,1-2H3. The molecule has 0 amide bonds. The Balaban J connectivity index is 1.79. The molecule has 2 heterocycles. The van der Waals surface area contributed by atoms with Crippen molar-refractivity contribution in [2.75, 3.05) is 12.8 Å². The number of benzene rings is 1. The molecule has 1 aliphatic rings. The SMILES string of the molecule is CNC(C)c1csc(C2CSc3ccccc3O2)n1. The van der Waals surface area contributed by atoms with Gasteiger partial charge in [-0.1, -0.05) is 12.1 Å². The van der Waals surface area contributed by atoms with Gasteiger partial charge in [-0.15, -0.1) is 23.1 Å². The molecule has 0 aliphatic carbocycles. The molecule has 2 atom stereocenters. The van der Waals surface area contributed by atoms with Crippen molar-refractivity contribution in [2.45, 2.75) is 24.0 Å². The summed E-state index contributed by atoms with van der Waals surface area (Å²) in [5, 5.41) is 6.40. The Morgan fingerprint density at radius 2 is 2.26 bits per heavy atom. The summed E-state index contributed by atoms with van der Waals surface area (Å²) in [7, 11) is 1.95. The van der Waals surface area contributed by atoms with Gasteiger partial charge in [0.1, 0.15) is 10.8 Å². The highest BCUT2D eigenvalue weighted by Gasteiger charge is 2.24. The van der Waals surface area contributed by atoms with E-state index >= 15 is 0 Å². The predicted octanol–water partition coefficient (Wildman–Crippen LogP) is 3.65. The highest BCUT2D eigenvalue weighted by Crippen LogP contribution is 2.40. The van der Waals surface area contributed by atoms with E-state index in [1.54, 1.807) is 11.3 Å². The lowest BCUT2D eigenvalue weighted by molar-refractivity contribution is 0.219. The quantitative estimate of drug-likeness (QED) is 0.936. The van der Waals surface area contributed by atoms with Crippen molar-refractivity contribution in [3.63, 3.8) is 0 Å². The number of aromatic nitrogens is 1. The first-order valence-corrected chi connectivity index (χ1v) is 8.15. The molecule has 3 rings (SSSR count). The molecular weight excluding hydrogens is 276 g/mol. The van der Waals surface area contributed by atoms with Crippen LogP contribution in [0.5, 0.6) is 5.75 Å². The van der Waals surface area contributed by atoms with Crippen LogP contribution >= 0.6 is 23.1 Å². The number of para-hydroxylation sites is 1. The van der Waals surface area contributed by atoms with Crippen LogP contribution in [-0.4, -0.2) is 17.8 Å². The normalized spacial score (nSPS) is 19.6. The summed E-state index contributed by atoms with van der Waals surface area (Å²) < 4.78 is 6.05. The van der Waals surface area contributed by atoms with E-state index in [0.717, 1.165) is 22.2 Å². The second-order valence-electron chi connectivity index (χ2n) is 4.49. The van der Waals surface area contributed by atoms with Crippen LogP contribution in [0.2, 0.25) is 0 Å². The topological polar surface area (TPSA) is 34.1 Å². The number of hydrogen-bond acceptors (Lipinski definition) is 5. The number of nitrogens with one attached hydrogen (secondary N) is 1. The summed E-state index contributed by atoms with van der Waals surface area (Å²) in [5.41, 5.74) is 1.09. The number of thioether (sulfide) groups is 1. The smallest absolute Gasteiger partial charge is 0.159 e. The van der Waals surface area contributed by atoms with Crippen LogP contribution in [0.4, 0.5) is 0 Å². The third kappa shape index (κ3) is 2.63. The van der Waals surface area contributed by atoms with Gasteiger partial charge in [-0.25, -0.2) is 4.98 Å². The van der Waals surface area contributed by atoms with E-state index < -0.39 is 0 Å². The van der Waals surface area contributed by atoms with Gasteiger partial charge in [-0.2, -0.15) is 0 Å². The Labute approximate surface area is 121 Å². The summed E-state index contributed by atoms with van der Waals surface area (Å²) in [5.74, 6) is 1.90. The van der Waals surface area contributed by atoms with Crippen molar-refractivity contribution >= 4 is 23.1 Å². The molecule has 0 spiro atoms. The Hall–Kier alpha value is -1.04. The predicted molar refractivity (Wildman–Crippen MR) is 80.1 cm³/mol. The molecular formula is C14H16N2OS2. The Morgan fingerprint density at radius 1 is 1.42 bits per heavy atom. The zero-order valence-corrected chi connectivity index (χ0v) is 12.6. The third-order valence-electron chi connectivity index (χ3n) is 3.20. The van der Waals surface area contributed by atoms with Crippen LogP contribution in [0.3, 0.4) is 0 Å². The van der Waals surface area contributed by atoms with Crippen molar-refractivity contribution < 1.29 is 4.74 Å². The highest BCUT2D eigenvalue weighted by atomic mass is 32.2. The Kier molecular flexibility index (Phi) is 3.77. The van der Waals surface area contributed by atoms with E-state index in [-0.39, 0.29) is 12.1 Å². The lowest BCUT2D eigenvalue weighted by atomic mass is 10.3. The molecule has 0 radical (unpaired) electrons. The molecule has 1 aromatic heterocycles. The zero-order valence-electron chi connectivity index (χ0n) is 10.9. The molecule has 0 fully saturated rings. The number of thiazole rings is 1. The van der Waals surface area contributed by atoms with Gasteiger partial charge in [-0.3, -0.25) is 0 Å². The first kappa shape index (κ1) is 13.0. The number of nitrogens with zero attached hydrogens (tertiary/aromatic N) is 1. The average Bonchev–Trinajstić information content (AvgIpc) is 2.95. The van der Waals surface area contributed by atoms with Gasteiger partial charge in [0.15, 0.2) is 6.10 Å². The van der Waals surface area contributed by atoms with Gasteiger partial charge in [0.25, 0.3) is 0 Å². The maximum atomic E-state index is 6.05. The van der Waals surface area contributed by atoms with E-state index in [0.29, 0.717) is 0 Å². The van der Waals surface area contributed by atoms with E-state index in [9.17, 15) is 0 Å². The maximum Gasteiger partial charge on any atom is 0.159 e. The number of hydrogen-bond donors (Lipinski definition) is 1. The van der Waals surface area contributed by atoms with E-state index in [1.165, 1.54) is 4.90 Å². The van der Waals surface area contributed by atoms with Crippen LogP contribution in [-0.2, 0) is 0 Å². The fourth-order valence-electron chi connectivity index (χ4n) is 1.94. The number of fused-ring (bicyclic) bond motifs is 1. The van der Waals surface area contributed by atoms with Crippen molar-refractivity contribution in [2.24, 2.45) is 0 Å². The summed E-state index contributed by atoms with van der Waals surface area (Å²) in [4.78, 5) is 5.92. The molecule has 19 heavy (non-hydrogen) atoms. The summed E-state index contributed by atoms with van der Waals surface area (Å²) in [6, 6.07) is 8.48. The molecule has 5 heteroatoms. The minimum Gasteiger partial charge on any atom is -0.481 e. The number of ether oxygens (including phenoxy) is 1. The van der Waals surface area contributed by atoms with Crippen molar-refractivity contribution in [3.8, 4) is 5.75 Å². The summed E-state index contributed by atoms with van der Waals surface area (Å²) >= 11 is 3.53. The zero-order chi connectivity index (χ0) is 13.2. The monoisotopic (exact) mass is 292 g/mol. The molecule has 0 bridgehead atoms. The van der Waals surface area contributed by atoms with Crippen LogP contribution in [0.25, 0.3) is 0 Å². The van der Waals surface area contributed by atoms with E-state index in [2.05, 4.69) is 23.7 Å². The Bertz CT molecular complexity index is 570. The lowest BCUT2D eigenvalue weighted by Gasteiger charge is -2.23. The molecule has 0 saturated heterocycles. The van der Waals surface area contributed by atoms with Crippen molar-refractivity contribution in [3.05, 3.63) is 40.3 Å². The summed E-state index contributed by atoms with van der Waals surface area (Å²) in [6.45, 7) is 2.12. The average molecular weight is 292 g/mol. The largest absolute Gasteiger partial charge is 0.481 e. The van der Waals surface area contributed by atoms with Gasteiger partial charge >= 0.3 is 0 Å². The fraction of sp³-hybridized carbons (Fsp3) is 0.357. The minimum atomic E-state index is 0.0720. The fourth-order valence-corrected chi connectivity index (χ4v) is 3.97. The molecule has 1 aliphatic heterocycles. The summed E-state index contributed by atoms with van der Waals surface area (Å²) in [6.07, 6.45) is 0.0720. The van der Waals surface area contributed by atoms with Crippen molar-refractivity contribution in [1.82, 2.24) is 10.3 Å². The second kappa shape index (κ2) is 5.53. The van der Waals surface area contributed by atoms with Gasteiger partial charge in [0, 0.05) is 22.1 Å². The van der Waals surface area contributed by atoms with Gasteiger partial charge < -0.3 is 10.1 Å². The van der Waals surface area contributed by atoms with Crippen LogP contribution in [0.15, 0.2) is 34.5 Å². The third-order valence-corrected chi connectivity index (χ3v) is 5.27. The molecule has 0 saturated carbocycles. The maximum absolute atomic E-state index is 6.05. The van der Waals surface area contributed by atoms with Crippen LogP contribution in [0, 0.1) is 0 Å². The second-order valence-corrected chi connectivity index (χ2v) is 6.44. The molecule has 2 aromatic rings. The first-order valence-electron chi connectivity index (χ1n) is 6.29. The van der Waals surface area contributed by atoms with Crippen molar-refractivity contribution in [1.29, 1.82) is 0 Å². The van der Waals surface area contributed by atoms with Crippen LogP contribution in [0.1, 0.15) is 29.8 Å². The van der Waals surface area contributed by atoms with Gasteiger partial charge in [-0.05, 0) is 26.1 Å². The highest BCUT2D eigenvalue weighted by molar-refractivity contribution is 7.99. The van der Waals surface area contributed by atoms with Gasteiger partial charge in [0.2, 0.25) is 0 Å². The molecule has 2 unspecified atom stereocenters. The van der Waals surface area contributed by atoms with Crippen LogP contribution < -0.4 is 10.1 Å². The molecule has 100 valence electrons. The Morgan fingerprint density at radius 3 is 3.11 bits per heavy atom. The molecule has 1 aromatic carbocycles. The molecule has 3 nitrogen and oxygen atoms in total. The molecule has 1 N–H and O–H groups in total. The minimum absolute atomic E-state index is 0.0720. The van der Waals surface area contributed by atoms with E-state index in [4.69, 9.17) is 9.72 Å². The lowest BCUT2D eigenvalue weighted by Crippen LogP contribution is -2.16. The first-order chi connectivity index (χ1) is 9.28.